The van der Waals surface area contributed by atoms with Gasteiger partial charge in [-0.3, -0.25) is 5.32 Å². The minimum Gasteiger partial charge on any atom is -0.307 e. The second-order valence-electron chi connectivity index (χ2n) is 5.62. The van der Waals surface area contributed by atoms with E-state index in [4.69, 9.17) is 23.2 Å². The third-order valence-corrected chi connectivity index (χ3v) is 6.18. The Labute approximate surface area is 175 Å². The third-order valence-electron chi connectivity index (χ3n) is 3.58. The van der Waals surface area contributed by atoms with Crippen molar-refractivity contribution in [1.82, 2.24) is 10.2 Å². The van der Waals surface area contributed by atoms with Crippen molar-refractivity contribution in [2.24, 2.45) is 0 Å². The lowest BCUT2D eigenvalue weighted by atomic mass is 10.2. The van der Waals surface area contributed by atoms with Crippen LogP contribution in [-0.4, -0.2) is 16.2 Å². The van der Waals surface area contributed by atoms with Gasteiger partial charge in [0.25, 0.3) is 0 Å². The molecule has 0 radical (unpaired) electrons. The summed E-state index contributed by atoms with van der Waals surface area (Å²) in [4.78, 5) is 12.1. The Morgan fingerprint density at radius 3 is 2.70 bits per heavy atom. The lowest BCUT2D eigenvalue weighted by molar-refractivity contribution is 0.262. The number of aryl methyl sites for hydroxylation is 1. The van der Waals surface area contributed by atoms with Gasteiger partial charge in [-0.15, -0.1) is 22.0 Å². The third kappa shape index (κ3) is 5.84. The van der Waals surface area contributed by atoms with Gasteiger partial charge >= 0.3 is 6.03 Å². The molecule has 0 unspecified atom stereocenters. The molecule has 3 aromatic rings. The molecule has 0 atom stereocenters. The van der Waals surface area contributed by atoms with Gasteiger partial charge in [-0.05, 0) is 36.2 Å². The van der Waals surface area contributed by atoms with Gasteiger partial charge in [-0.2, -0.15) is 0 Å². The smallest absolute Gasteiger partial charge is 0.307 e. The van der Waals surface area contributed by atoms with Gasteiger partial charge in [0.1, 0.15) is 5.01 Å². The molecule has 5 nitrogen and oxygen atoms in total. The fourth-order valence-corrected chi connectivity index (χ4v) is 4.59. The highest BCUT2D eigenvalue weighted by molar-refractivity contribution is 7.97. The number of benzene rings is 2. The van der Waals surface area contributed by atoms with Crippen molar-refractivity contribution >= 4 is 63.2 Å². The van der Waals surface area contributed by atoms with E-state index < -0.39 is 0 Å². The molecule has 0 bridgehead atoms. The fraction of sp³-hybridized carbons (Fsp3) is 0.167. The van der Waals surface area contributed by atoms with Crippen LogP contribution in [0.2, 0.25) is 10.0 Å². The first-order valence-corrected chi connectivity index (χ1v) is 10.7. The molecule has 0 aliphatic carbocycles. The monoisotopic (exact) mass is 438 g/mol. The molecule has 2 aromatic carbocycles. The zero-order valence-corrected chi connectivity index (χ0v) is 17.5. The van der Waals surface area contributed by atoms with Crippen LogP contribution < -0.4 is 10.6 Å². The number of nitrogens with one attached hydrogen (secondary N) is 2. The summed E-state index contributed by atoms with van der Waals surface area (Å²) in [6.07, 6.45) is 0. The second-order valence-corrected chi connectivity index (χ2v) is 8.51. The number of carbonyl (C=O) groups is 1. The Kier molecular flexibility index (Phi) is 6.95. The number of amides is 2. The normalized spacial score (nSPS) is 10.6. The minimum atomic E-state index is -0.340. The average molecular weight is 439 g/mol. The zero-order valence-electron chi connectivity index (χ0n) is 14.3. The molecule has 0 saturated heterocycles. The predicted molar refractivity (Wildman–Crippen MR) is 115 cm³/mol. The number of rotatable bonds is 6. The predicted octanol–water partition coefficient (Wildman–Crippen LogP) is 6.23. The summed E-state index contributed by atoms with van der Waals surface area (Å²) < 4.78 is 0. The van der Waals surface area contributed by atoms with E-state index in [1.807, 2.05) is 43.3 Å². The molecule has 0 saturated carbocycles. The van der Waals surface area contributed by atoms with Crippen molar-refractivity contribution in [2.45, 2.75) is 18.4 Å². The van der Waals surface area contributed by atoms with Crippen LogP contribution in [0.4, 0.5) is 15.6 Å². The molecule has 27 heavy (non-hydrogen) atoms. The molecular formula is C18H16Cl2N4OS2. The SMILES string of the molecule is Cc1ccccc1NC(=O)Nc1nnc(CSCc2ccc(Cl)cc2Cl)s1. The van der Waals surface area contributed by atoms with Crippen molar-refractivity contribution in [2.75, 3.05) is 10.6 Å². The summed E-state index contributed by atoms with van der Waals surface area (Å²) in [6.45, 7) is 1.93. The molecule has 0 aliphatic heterocycles. The largest absolute Gasteiger partial charge is 0.325 e. The average Bonchev–Trinajstić information content (AvgIpc) is 3.06. The molecule has 3 rings (SSSR count). The van der Waals surface area contributed by atoms with Crippen molar-refractivity contribution in [1.29, 1.82) is 0 Å². The summed E-state index contributed by atoms with van der Waals surface area (Å²) >= 11 is 15.1. The topological polar surface area (TPSA) is 66.9 Å². The number of anilines is 2. The van der Waals surface area contributed by atoms with E-state index in [0.717, 1.165) is 27.6 Å². The highest BCUT2D eigenvalue weighted by Crippen LogP contribution is 2.27. The molecule has 0 spiro atoms. The zero-order chi connectivity index (χ0) is 19.2. The van der Waals surface area contributed by atoms with Crippen molar-refractivity contribution < 1.29 is 4.79 Å². The fourth-order valence-electron chi connectivity index (χ4n) is 2.21. The van der Waals surface area contributed by atoms with E-state index in [-0.39, 0.29) is 6.03 Å². The van der Waals surface area contributed by atoms with E-state index >= 15 is 0 Å². The molecule has 1 aromatic heterocycles. The lowest BCUT2D eigenvalue weighted by Gasteiger charge is -2.07. The number of carbonyl (C=O) groups excluding carboxylic acids is 1. The first-order chi connectivity index (χ1) is 13.0. The van der Waals surface area contributed by atoms with Gasteiger partial charge < -0.3 is 5.32 Å². The van der Waals surface area contributed by atoms with Crippen LogP contribution in [0.25, 0.3) is 0 Å². The van der Waals surface area contributed by atoms with Gasteiger partial charge in [-0.1, -0.05) is 58.8 Å². The molecular weight excluding hydrogens is 423 g/mol. The van der Waals surface area contributed by atoms with Crippen LogP contribution in [-0.2, 0) is 11.5 Å². The minimum absolute atomic E-state index is 0.340. The van der Waals surface area contributed by atoms with Gasteiger partial charge in [0.2, 0.25) is 5.13 Å². The summed E-state index contributed by atoms with van der Waals surface area (Å²) in [5, 5.41) is 16.2. The lowest BCUT2D eigenvalue weighted by Crippen LogP contribution is -2.19. The van der Waals surface area contributed by atoms with E-state index in [2.05, 4.69) is 20.8 Å². The van der Waals surface area contributed by atoms with Gasteiger partial charge in [0.05, 0.1) is 0 Å². The molecule has 1 heterocycles. The maximum Gasteiger partial charge on any atom is 0.325 e. The number of hydrogen-bond acceptors (Lipinski definition) is 5. The van der Waals surface area contributed by atoms with Crippen molar-refractivity contribution in [3.8, 4) is 0 Å². The van der Waals surface area contributed by atoms with Gasteiger partial charge in [-0.25, -0.2) is 4.79 Å². The standard InChI is InChI=1S/C18H16Cl2N4OS2/c1-11-4-2-3-5-15(11)21-17(25)22-18-24-23-16(27-18)10-26-9-12-6-7-13(19)8-14(12)20/h2-8H,9-10H2,1H3,(H2,21,22,24,25). The van der Waals surface area contributed by atoms with E-state index in [0.29, 0.717) is 20.9 Å². The van der Waals surface area contributed by atoms with Gasteiger partial charge in [0.15, 0.2) is 0 Å². The first-order valence-electron chi connectivity index (χ1n) is 7.99. The van der Waals surface area contributed by atoms with Crippen LogP contribution >= 0.6 is 46.3 Å². The quantitative estimate of drug-likeness (QED) is 0.478. The first kappa shape index (κ1) is 19.9. The van der Waals surface area contributed by atoms with Crippen molar-refractivity contribution in [3.63, 3.8) is 0 Å². The van der Waals surface area contributed by atoms with E-state index in [1.165, 1.54) is 11.3 Å². The Morgan fingerprint density at radius 2 is 1.93 bits per heavy atom. The van der Waals surface area contributed by atoms with Crippen LogP contribution in [0.1, 0.15) is 16.1 Å². The van der Waals surface area contributed by atoms with E-state index in [1.54, 1.807) is 17.8 Å². The highest BCUT2D eigenvalue weighted by Gasteiger charge is 2.10. The molecule has 0 aliphatic rings. The summed E-state index contributed by atoms with van der Waals surface area (Å²) in [5.74, 6) is 1.42. The Morgan fingerprint density at radius 1 is 1.11 bits per heavy atom. The number of hydrogen-bond donors (Lipinski definition) is 2. The molecule has 0 fully saturated rings. The Bertz CT molecular complexity index is 949. The number of nitrogens with zero attached hydrogens (tertiary/aromatic N) is 2. The Balaban J connectivity index is 1.49. The number of para-hydroxylation sites is 1. The molecule has 140 valence electrons. The summed E-state index contributed by atoms with van der Waals surface area (Å²) in [6, 6.07) is 12.7. The maximum atomic E-state index is 12.1. The number of thioether (sulfide) groups is 1. The number of halogens is 2. The highest BCUT2D eigenvalue weighted by atomic mass is 35.5. The van der Waals surface area contributed by atoms with E-state index in [9.17, 15) is 4.79 Å². The van der Waals surface area contributed by atoms with Crippen LogP contribution in [0, 0.1) is 6.92 Å². The molecule has 2 N–H and O–H groups in total. The maximum absolute atomic E-state index is 12.1. The van der Waals surface area contributed by atoms with Gasteiger partial charge in [0, 0.05) is 27.2 Å². The Hall–Kier alpha value is -1.80. The summed E-state index contributed by atoms with van der Waals surface area (Å²) in [5.41, 5.74) is 2.77. The van der Waals surface area contributed by atoms with Crippen molar-refractivity contribution in [3.05, 3.63) is 68.6 Å². The van der Waals surface area contributed by atoms with Crippen LogP contribution in [0.5, 0.6) is 0 Å². The molecule has 2 amide bonds. The van der Waals surface area contributed by atoms with Crippen LogP contribution in [0.3, 0.4) is 0 Å². The van der Waals surface area contributed by atoms with Crippen LogP contribution in [0.15, 0.2) is 42.5 Å². The number of aromatic nitrogens is 2. The summed E-state index contributed by atoms with van der Waals surface area (Å²) in [7, 11) is 0. The second kappa shape index (κ2) is 9.41. The molecule has 9 heteroatoms. The number of urea groups is 1.